The Balaban J connectivity index is 3.03. The molecule has 128 valence electrons. The highest BCUT2D eigenvalue weighted by atomic mass is 16.7. The summed E-state index contributed by atoms with van der Waals surface area (Å²) in [4.78, 5) is 22.8. The van der Waals surface area contributed by atoms with Crippen molar-refractivity contribution in [2.24, 2.45) is 11.7 Å². The lowest BCUT2D eigenvalue weighted by Gasteiger charge is -2.34. The van der Waals surface area contributed by atoms with Crippen LogP contribution in [0.3, 0.4) is 0 Å². The fourth-order valence-corrected chi connectivity index (χ4v) is 2.17. The van der Waals surface area contributed by atoms with E-state index in [0.717, 1.165) is 7.11 Å². The molecule has 23 heavy (non-hydrogen) atoms. The Morgan fingerprint density at radius 3 is 2.35 bits per heavy atom. The molecule has 0 amide bonds. The van der Waals surface area contributed by atoms with Gasteiger partial charge >= 0.3 is 12.1 Å². The molecule has 0 spiro atoms. The maximum atomic E-state index is 11.7. The first kappa shape index (κ1) is 18.6. The minimum absolute atomic E-state index is 0.133. The Morgan fingerprint density at radius 1 is 1.26 bits per heavy atom. The number of aliphatic carboxylic acids is 1. The van der Waals surface area contributed by atoms with Crippen LogP contribution in [0.5, 0.6) is 11.5 Å². The number of aromatic hydroxyl groups is 2. The van der Waals surface area contributed by atoms with Gasteiger partial charge in [0.2, 0.25) is 0 Å². The molecular weight excluding hydrogens is 306 g/mol. The van der Waals surface area contributed by atoms with E-state index in [1.807, 2.05) is 0 Å². The lowest BCUT2D eigenvalue weighted by atomic mass is 9.78. The van der Waals surface area contributed by atoms with E-state index in [0.29, 0.717) is 5.56 Å². The summed E-state index contributed by atoms with van der Waals surface area (Å²) in [6.07, 6.45) is -1.87. The number of carbonyl (C=O) groups excluding carboxylic acids is 1. The molecule has 0 aromatic heterocycles. The summed E-state index contributed by atoms with van der Waals surface area (Å²) in [6, 6.07) is 3.93. The van der Waals surface area contributed by atoms with Crippen molar-refractivity contribution in [2.45, 2.75) is 31.9 Å². The van der Waals surface area contributed by atoms with E-state index in [4.69, 9.17) is 10.5 Å². The molecule has 0 saturated carbocycles. The molecule has 3 atom stereocenters. The SMILES string of the molecule is COC(=O)O[C@H](C)[C@@H](C)[C@](N)(Cc1ccc(O)c(O)c1)C(=O)O. The molecule has 0 radical (unpaired) electrons. The molecule has 0 aliphatic rings. The molecule has 0 saturated heterocycles. The van der Waals surface area contributed by atoms with Crippen molar-refractivity contribution in [2.75, 3.05) is 7.11 Å². The summed E-state index contributed by atoms with van der Waals surface area (Å²) >= 11 is 0. The number of carboxylic acid groups (broad SMARTS) is 1. The number of carboxylic acids is 1. The van der Waals surface area contributed by atoms with Gasteiger partial charge in [-0.1, -0.05) is 13.0 Å². The summed E-state index contributed by atoms with van der Waals surface area (Å²) in [5, 5.41) is 28.3. The van der Waals surface area contributed by atoms with E-state index in [-0.39, 0.29) is 17.9 Å². The highest BCUT2D eigenvalue weighted by Crippen LogP contribution is 2.30. The average Bonchev–Trinajstić information content (AvgIpc) is 2.49. The van der Waals surface area contributed by atoms with Crippen molar-refractivity contribution in [3.8, 4) is 11.5 Å². The first-order valence-electron chi connectivity index (χ1n) is 6.89. The third-order valence-corrected chi connectivity index (χ3v) is 3.90. The van der Waals surface area contributed by atoms with Crippen LogP contribution < -0.4 is 5.73 Å². The van der Waals surface area contributed by atoms with Gasteiger partial charge in [-0.05, 0) is 24.6 Å². The van der Waals surface area contributed by atoms with E-state index in [2.05, 4.69) is 4.74 Å². The van der Waals surface area contributed by atoms with Gasteiger partial charge in [0, 0.05) is 12.3 Å². The number of carbonyl (C=O) groups is 2. The van der Waals surface area contributed by atoms with Crippen molar-refractivity contribution >= 4 is 12.1 Å². The quantitative estimate of drug-likeness (QED) is 0.452. The number of phenols is 2. The summed E-state index contributed by atoms with van der Waals surface area (Å²) in [7, 11) is 1.14. The molecule has 5 N–H and O–H groups in total. The Kier molecular flexibility index (Phi) is 5.80. The first-order valence-corrected chi connectivity index (χ1v) is 6.89. The molecule has 0 heterocycles. The summed E-state index contributed by atoms with van der Waals surface area (Å²) in [5.41, 5.74) is 4.71. The Labute approximate surface area is 133 Å². The van der Waals surface area contributed by atoms with Crippen LogP contribution in [0.15, 0.2) is 18.2 Å². The van der Waals surface area contributed by atoms with Crippen molar-refractivity contribution in [1.82, 2.24) is 0 Å². The predicted octanol–water partition coefficient (Wildman–Crippen LogP) is 1.23. The fraction of sp³-hybridized carbons (Fsp3) is 0.467. The van der Waals surface area contributed by atoms with Crippen LogP contribution in [0, 0.1) is 5.92 Å². The van der Waals surface area contributed by atoms with Gasteiger partial charge in [0.05, 0.1) is 7.11 Å². The van der Waals surface area contributed by atoms with E-state index in [9.17, 15) is 24.9 Å². The maximum absolute atomic E-state index is 11.7. The highest BCUT2D eigenvalue weighted by Gasteiger charge is 2.44. The predicted molar refractivity (Wildman–Crippen MR) is 80.1 cm³/mol. The van der Waals surface area contributed by atoms with Gasteiger partial charge in [0.15, 0.2) is 11.5 Å². The molecule has 0 unspecified atom stereocenters. The zero-order valence-electron chi connectivity index (χ0n) is 13.1. The standard InChI is InChI=1S/C15H21NO7/c1-8(9(2)23-14(21)22-3)15(16,13(19)20)7-10-4-5-11(17)12(18)6-10/h4-6,8-9,17-18H,7,16H2,1-3H3,(H,19,20)/t8-,9-,15-/m1/s1. The summed E-state index contributed by atoms with van der Waals surface area (Å²) in [5.74, 6) is -2.73. The molecule has 0 bridgehead atoms. The Hall–Kier alpha value is -2.48. The Bertz CT molecular complexity index is 589. The van der Waals surface area contributed by atoms with Gasteiger partial charge in [0.1, 0.15) is 11.6 Å². The van der Waals surface area contributed by atoms with Crippen molar-refractivity contribution < 1.29 is 34.4 Å². The van der Waals surface area contributed by atoms with Crippen LogP contribution >= 0.6 is 0 Å². The zero-order chi connectivity index (χ0) is 17.8. The highest BCUT2D eigenvalue weighted by molar-refractivity contribution is 5.79. The number of rotatable bonds is 6. The monoisotopic (exact) mass is 327 g/mol. The minimum atomic E-state index is -1.75. The van der Waals surface area contributed by atoms with Crippen LogP contribution in [0.1, 0.15) is 19.4 Å². The average molecular weight is 327 g/mol. The van der Waals surface area contributed by atoms with E-state index in [1.54, 1.807) is 6.92 Å². The third-order valence-electron chi connectivity index (χ3n) is 3.90. The molecule has 0 aliphatic heterocycles. The van der Waals surface area contributed by atoms with Gasteiger partial charge in [-0.3, -0.25) is 4.79 Å². The lowest BCUT2D eigenvalue weighted by Crippen LogP contribution is -2.58. The molecule has 1 aromatic carbocycles. The van der Waals surface area contributed by atoms with Crippen LogP contribution in [0.2, 0.25) is 0 Å². The number of hydrogen-bond donors (Lipinski definition) is 4. The van der Waals surface area contributed by atoms with Crippen molar-refractivity contribution in [3.05, 3.63) is 23.8 Å². The summed E-state index contributed by atoms with van der Waals surface area (Å²) < 4.78 is 9.33. The van der Waals surface area contributed by atoms with Crippen LogP contribution in [-0.4, -0.2) is 46.2 Å². The van der Waals surface area contributed by atoms with Crippen LogP contribution in [0.25, 0.3) is 0 Å². The molecule has 1 aromatic rings. The fourth-order valence-electron chi connectivity index (χ4n) is 2.17. The van der Waals surface area contributed by atoms with Crippen LogP contribution in [0.4, 0.5) is 4.79 Å². The lowest BCUT2D eigenvalue weighted by molar-refractivity contribution is -0.147. The van der Waals surface area contributed by atoms with Crippen molar-refractivity contribution in [1.29, 1.82) is 0 Å². The molecule has 8 nitrogen and oxygen atoms in total. The van der Waals surface area contributed by atoms with Gasteiger partial charge in [-0.25, -0.2) is 4.79 Å². The number of ether oxygens (including phenoxy) is 2. The minimum Gasteiger partial charge on any atom is -0.504 e. The number of phenolic OH excluding ortho intramolecular Hbond substituents is 2. The van der Waals surface area contributed by atoms with Gasteiger partial charge in [-0.2, -0.15) is 0 Å². The molecule has 0 aliphatic carbocycles. The second-order valence-electron chi connectivity index (χ2n) is 5.41. The van der Waals surface area contributed by atoms with Crippen LogP contribution in [-0.2, 0) is 20.7 Å². The molecule has 8 heteroatoms. The second kappa shape index (κ2) is 7.19. The first-order chi connectivity index (χ1) is 10.6. The van der Waals surface area contributed by atoms with Gasteiger partial charge in [-0.15, -0.1) is 0 Å². The molecule has 1 rings (SSSR count). The van der Waals surface area contributed by atoms with Crippen molar-refractivity contribution in [3.63, 3.8) is 0 Å². The third kappa shape index (κ3) is 4.26. The number of benzene rings is 1. The zero-order valence-corrected chi connectivity index (χ0v) is 13.1. The maximum Gasteiger partial charge on any atom is 0.508 e. The smallest absolute Gasteiger partial charge is 0.504 e. The van der Waals surface area contributed by atoms with E-state index < -0.39 is 29.7 Å². The topological polar surface area (TPSA) is 139 Å². The Morgan fingerprint density at radius 2 is 1.87 bits per heavy atom. The van der Waals surface area contributed by atoms with E-state index >= 15 is 0 Å². The number of hydrogen-bond acceptors (Lipinski definition) is 7. The van der Waals surface area contributed by atoms with Gasteiger partial charge in [0.25, 0.3) is 0 Å². The largest absolute Gasteiger partial charge is 0.508 e. The number of nitrogens with two attached hydrogens (primary N) is 1. The second-order valence-corrected chi connectivity index (χ2v) is 5.41. The van der Waals surface area contributed by atoms with E-state index in [1.165, 1.54) is 25.1 Å². The summed E-state index contributed by atoms with van der Waals surface area (Å²) in [6.45, 7) is 3.06. The number of methoxy groups -OCH3 is 1. The normalized spacial score (nSPS) is 16.0. The van der Waals surface area contributed by atoms with Gasteiger partial charge < -0.3 is 30.5 Å². The molecule has 0 fully saturated rings. The molecular formula is C15H21NO7.